The second kappa shape index (κ2) is 7.25. The number of halogens is 1. The van der Waals surface area contributed by atoms with Crippen LogP contribution in [-0.2, 0) is 6.54 Å². The van der Waals surface area contributed by atoms with Gasteiger partial charge in [0.1, 0.15) is 0 Å². The van der Waals surface area contributed by atoms with Crippen molar-refractivity contribution in [3.05, 3.63) is 29.6 Å². The summed E-state index contributed by atoms with van der Waals surface area (Å²) < 4.78 is 18.4. The van der Waals surface area contributed by atoms with Crippen LogP contribution < -0.4 is 10.5 Å². The topological polar surface area (TPSA) is 38.5 Å². The van der Waals surface area contributed by atoms with Crippen molar-refractivity contribution in [2.45, 2.75) is 19.9 Å². The van der Waals surface area contributed by atoms with Crippen LogP contribution in [0.4, 0.5) is 4.39 Å². The van der Waals surface area contributed by atoms with Gasteiger partial charge in [-0.15, -0.1) is 0 Å². The third-order valence-electron chi connectivity index (χ3n) is 2.75. The molecule has 0 aliphatic carbocycles. The van der Waals surface area contributed by atoms with Crippen LogP contribution in [0.2, 0.25) is 0 Å². The Morgan fingerprint density at radius 1 is 1.41 bits per heavy atom. The van der Waals surface area contributed by atoms with Crippen molar-refractivity contribution < 1.29 is 9.13 Å². The average Bonchev–Trinajstić information content (AvgIpc) is 2.34. The van der Waals surface area contributed by atoms with Crippen LogP contribution in [0.5, 0.6) is 5.75 Å². The number of nitrogens with two attached hydrogens (primary N) is 1. The number of ether oxygens (including phenoxy) is 1. The van der Waals surface area contributed by atoms with Gasteiger partial charge in [0.25, 0.3) is 0 Å². The van der Waals surface area contributed by atoms with E-state index < -0.39 is 0 Å². The summed E-state index contributed by atoms with van der Waals surface area (Å²) in [6.45, 7) is 5.41. The van der Waals surface area contributed by atoms with Crippen LogP contribution in [0.1, 0.15) is 18.9 Å². The SMILES string of the molecule is CCN(CCCN)Cc1ccc(OC)c(F)c1. The maximum atomic E-state index is 13.5. The van der Waals surface area contributed by atoms with E-state index in [1.54, 1.807) is 6.07 Å². The molecule has 0 atom stereocenters. The zero-order valence-corrected chi connectivity index (χ0v) is 10.6. The highest BCUT2D eigenvalue weighted by atomic mass is 19.1. The van der Waals surface area contributed by atoms with Crippen molar-refractivity contribution in [2.75, 3.05) is 26.7 Å². The number of methoxy groups -OCH3 is 1. The lowest BCUT2D eigenvalue weighted by molar-refractivity contribution is 0.277. The van der Waals surface area contributed by atoms with E-state index in [0.29, 0.717) is 12.3 Å². The highest BCUT2D eigenvalue weighted by Gasteiger charge is 2.07. The van der Waals surface area contributed by atoms with Crippen molar-refractivity contribution in [1.82, 2.24) is 4.90 Å². The Balaban J connectivity index is 2.63. The van der Waals surface area contributed by atoms with Gasteiger partial charge in [-0.2, -0.15) is 0 Å². The lowest BCUT2D eigenvalue weighted by atomic mass is 10.2. The fraction of sp³-hybridized carbons (Fsp3) is 0.538. The average molecular weight is 240 g/mol. The van der Waals surface area contributed by atoms with Gasteiger partial charge in [0.05, 0.1) is 7.11 Å². The van der Waals surface area contributed by atoms with Gasteiger partial charge in [0, 0.05) is 6.54 Å². The molecule has 0 saturated carbocycles. The van der Waals surface area contributed by atoms with Gasteiger partial charge in [-0.25, -0.2) is 4.39 Å². The van der Waals surface area contributed by atoms with Gasteiger partial charge in [0.15, 0.2) is 11.6 Å². The number of rotatable bonds is 7. The lowest BCUT2D eigenvalue weighted by Gasteiger charge is -2.20. The molecular formula is C13H21FN2O. The first kappa shape index (κ1) is 13.9. The first-order valence-electron chi connectivity index (χ1n) is 5.96. The number of benzene rings is 1. The molecule has 0 amide bonds. The van der Waals surface area contributed by atoms with Crippen LogP contribution in [0.3, 0.4) is 0 Å². The van der Waals surface area contributed by atoms with Crippen molar-refractivity contribution in [3.63, 3.8) is 0 Å². The Kier molecular flexibility index (Phi) is 5.94. The normalized spacial score (nSPS) is 10.9. The molecule has 96 valence electrons. The van der Waals surface area contributed by atoms with E-state index in [2.05, 4.69) is 11.8 Å². The van der Waals surface area contributed by atoms with E-state index in [-0.39, 0.29) is 5.82 Å². The Morgan fingerprint density at radius 3 is 2.71 bits per heavy atom. The zero-order chi connectivity index (χ0) is 12.7. The molecular weight excluding hydrogens is 219 g/mol. The lowest BCUT2D eigenvalue weighted by Crippen LogP contribution is -2.25. The fourth-order valence-electron chi connectivity index (χ4n) is 1.73. The number of nitrogens with zero attached hydrogens (tertiary/aromatic N) is 1. The van der Waals surface area contributed by atoms with Crippen LogP contribution in [0.15, 0.2) is 18.2 Å². The molecule has 0 heterocycles. The number of hydrogen-bond donors (Lipinski definition) is 1. The highest BCUT2D eigenvalue weighted by Crippen LogP contribution is 2.18. The fourth-order valence-corrected chi connectivity index (χ4v) is 1.73. The molecule has 1 aromatic rings. The predicted octanol–water partition coefficient (Wildman–Crippen LogP) is 2.00. The van der Waals surface area contributed by atoms with Gasteiger partial charge >= 0.3 is 0 Å². The first-order valence-corrected chi connectivity index (χ1v) is 5.96. The molecule has 0 fully saturated rings. The standard InChI is InChI=1S/C13H21FN2O/c1-3-16(8-4-7-15)10-11-5-6-13(17-2)12(14)9-11/h5-6,9H,3-4,7-8,10,15H2,1-2H3. The van der Waals surface area contributed by atoms with Crippen LogP contribution in [-0.4, -0.2) is 31.6 Å². The number of hydrogen-bond acceptors (Lipinski definition) is 3. The minimum absolute atomic E-state index is 0.291. The van der Waals surface area contributed by atoms with Crippen molar-refractivity contribution in [2.24, 2.45) is 5.73 Å². The Hall–Kier alpha value is -1.13. The van der Waals surface area contributed by atoms with E-state index in [4.69, 9.17) is 10.5 Å². The van der Waals surface area contributed by atoms with Gasteiger partial charge < -0.3 is 10.5 Å². The minimum Gasteiger partial charge on any atom is -0.494 e. The molecule has 0 aromatic heterocycles. The molecule has 4 heteroatoms. The summed E-state index contributed by atoms with van der Waals surface area (Å²) in [5.74, 6) is -0.0152. The first-order chi connectivity index (χ1) is 8.21. The summed E-state index contributed by atoms with van der Waals surface area (Å²) in [5, 5.41) is 0. The van der Waals surface area contributed by atoms with E-state index in [1.807, 2.05) is 6.07 Å². The smallest absolute Gasteiger partial charge is 0.165 e. The Bertz CT molecular complexity index is 344. The Morgan fingerprint density at radius 2 is 2.18 bits per heavy atom. The third-order valence-corrected chi connectivity index (χ3v) is 2.75. The van der Waals surface area contributed by atoms with Crippen molar-refractivity contribution in [1.29, 1.82) is 0 Å². The largest absolute Gasteiger partial charge is 0.494 e. The summed E-state index contributed by atoms with van der Waals surface area (Å²) in [5.41, 5.74) is 6.44. The van der Waals surface area contributed by atoms with E-state index in [9.17, 15) is 4.39 Å². The zero-order valence-electron chi connectivity index (χ0n) is 10.6. The van der Waals surface area contributed by atoms with E-state index in [0.717, 1.165) is 31.6 Å². The monoisotopic (exact) mass is 240 g/mol. The van der Waals surface area contributed by atoms with Crippen molar-refractivity contribution >= 4 is 0 Å². The molecule has 0 radical (unpaired) electrons. The van der Waals surface area contributed by atoms with Crippen molar-refractivity contribution in [3.8, 4) is 5.75 Å². The highest BCUT2D eigenvalue weighted by molar-refractivity contribution is 5.29. The quantitative estimate of drug-likeness (QED) is 0.792. The van der Waals surface area contributed by atoms with E-state index >= 15 is 0 Å². The second-order valence-electron chi connectivity index (χ2n) is 3.98. The van der Waals surface area contributed by atoms with Crippen LogP contribution in [0.25, 0.3) is 0 Å². The van der Waals surface area contributed by atoms with Crippen LogP contribution >= 0.6 is 0 Å². The molecule has 0 aliphatic rings. The minimum atomic E-state index is -0.306. The molecule has 2 N–H and O–H groups in total. The molecule has 0 bridgehead atoms. The van der Waals surface area contributed by atoms with E-state index in [1.165, 1.54) is 13.2 Å². The summed E-state index contributed by atoms with van der Waals surface area (Å²) in [7, 11) is 1.47. The molecule has 17 heavy (non-hydrogen) atoms. The Labute approximate surface area is 102 Å². The molecule has 0 saturated heterocycles. The molecule has 0 spiro atoms. The van der Waals surface area contributed by atoms with Gasteiger partial charge in [-0.05, 0) is 43.8 Å². The molecule has 3 nitrogen and oxygen atoms in total. The summed E-state index contributed by atoms with van der Waals surface area (Å²) >= 11 is 0. The molecule has 1 aromatic carbocycles. The van der Waals surface area contributed by atoms with Gasteiger partial charge in [-0.3, -0.25) is 4.90 Å². The van der Waals surface area contributed by atoms with Gasteiger partial charge in [-0.1, -0.05) is 13.0 Å². The van der Waals surface area contributed by atoms with Gasteiger partial charge in [0.2, 0.25) is 0 Å². The summed E-state index contributed by atoms with van der Waals surface area (Å²) in [6.07, 6.45) is 0.965. The molecule has 0 unspecified atom stereocenters. The maximum absolute atomic E-state index is 13.5. The van der Waals surface area contributed by atoms with Crippen LogP contribution in [0, 0.1) is 5.82 Å². The predicted molar refractivity (Wildman–Crippen MR) is 67.6 cm³/mol. The second-order valence-corrected chi connectivity index (χ2v) is 3.98. The maximum Gasteiger partial charge on any atom is 0.165 e. The summed E-state index contributed by atoms with van der Waals surface area (Å²) in [6, 6.07) is 5.10. The molecule has 0 aliphatic heterocycles. The molecule has 1 rings (SSSR count). The third kappa shape index (κ3) is 4.32. The summed E-state index contributed by atoms with van der Waals surface area (Å²) in [4.78, 5) is 2.24.